The highest BCUT2D eigenvalue weighted by atomic mass is 16.5. The lowest BCUT2D eigenvalue weighted by molar-refractivity contribution is 0.102. The first-order valence-corrected chi connectivity index (χ1v) is 11.8. The van der Waals surface area contributed by atoms with Gasteiger partial charge in [0.15, 0.2) is 11.5 Å². The summed E-state index contributed by atoms with van der Waals surface area (Å²) in [5.74, 6) is 1.26. The molecule has 9 nitrogen and oxygen atoms in total. The second-order valence-corrected chi connectivity index (χ2v) is 8.47. The summed E-state index contributed by atoms with van der Waals surface area (Å²) in [6, 6.07) is 19.0. The summed E-state index contributed by atoms with van der Waals surface area (Å²) in [6.45, 7) is 1.71. The molecule has 0 spiro atoms. The highest BCUT2D eigenvalue weighted by molar-refractivity contribution is 6.05. The molecule has 2 heterocycles. The van der Waals surface area contributed by atoms with Gasteiger partial charge in [0.1, 0.15) is 17.1 Å². The Morgan fingerprint density at radius 3 is 2.42 bits per heavy atom. The summed E-state index contributed by atoms with van der Waals surface area (Å²) >= 11 is 0. The minimum Gasteiger partial charge on any atom is -0.493 e. The number of aromatic nitrogens is 3. The van der Waals surface area contributed by atoms with E-state index >= 15 is 0 Å². The lowest BCUT2D eigenvalue weighted by Gasteiger charge is -2.12. The molecule has 3 aromatic carbocycles. The van der Waals surface area contributed by atoms with Crippen molar-refractivity contribution in [1.82, 2.24) is 14.3 Å². The average molecular weight is 512 g/mol. The maximum atomic E-state index is 13.2. The van der Waals surface area contributed by atoms with Crippen molar-refractivity contribution >= 4 is 22.5 Å². The average Bonchev–Trinajstić information content (AvgIpc) is 3.17. The molecule has 1 amide bonds. The van der Waals surface area contributed by atoms with Crippen LogP contribution < -0.4 is 25.1 Å². The van der Waals surface area contributed by atoms with E-state index in [-0.39, 0.29) is 17.4 Å². The van der Waals surface area contributed by atoms with E-state index in [1.54, 1.807) is 81.5 Å². The van der Waals surface area contributed by atoms with Crippen LogP contribution in [-0.2, 0) is 7.05 Å². The number of carbonyl (C=O) groups excluding carboxylic acids is 1. The smallest absolute Gasteiger partial charge is 0.284 e. The van der Waals surface area contributed by atoms with Crippen molar-refractivity contribution in [2.45, 2.75) is 6.92 Å². The summed E-state index contributed by atoms with van der Waals surface area (Å²) in [7, 11) is 4.82. The molecular weight excluding hydrogens is 484 g/mol. The van der Waals surface area contributed by atoms with E-state index in [9.17, 15) is 9.59 Å². The lowest BCUT2D eigenvalue weighted by Crippen LogP contribution is -2.25. The largest absolute Gasteiger partial charge is 0.493 e. The summed E-state index contributed by atoms with van der Waals surface area (Å²) in [4.78, 5) is 30.7. The number of amides is 1. The number of benzene rings is 3. The topological polar surface area (TPSA) is 96.6 Å². The van der Waals surface area contributed by atoms with Crippen molar-refractivity contribution in [3.8, 4) is 28.7 Å². The monoisotopic (exact) mass is 511 g/mol. The molecule has 0 fully saturated rings. The van der Waals surface area contributed by atoms with E-state index in [0.29, 0.717) is 45.2 Å². The number of para-hydroxylation sites is 1. The Balaban J connectivity index is 1.41. The number of hydrogen-bond acceptors (Lipinski definition) is 6. The number of ether oxygens (including phenoxy) is 3. The van der Waals surface area contributed by atoms with E-state index < -0.39 is 11.5 Å². The zero-order chi connectivity index (χ0) is 27.7. The molecule has 192 valence electrons. The molecule has 0 unspecified atom stereocenters. The van der Waals surface area contributed by atoms with E-state index in [1.807, 2.05) is 18.2 Å². The molecule has 0 aliphatic rings. The molecule has 0 atom stereocenters. The third-order valence-electron chi connectivity index (χ3n) is 6.25. The quantitative estimate of drug-likeness (QED) is 0.327. The van der Waals surface area contributed by atoms with E-state index in [0.717, 1.165) is 0 Å². The lowest BCUT2D eigenvalue weighted by atomic mass is 10.2. The van der Waals surface area contributed by atoms with Gasteiger partial charge in [-0.25, -0.2) is 4.68 Å². The fraction of sp³-hybridized carbons (Fsp3) is 0.138. The predicted molar refractivity (Wildman–Crippen MR) is 145 cm³/mol. The molecule has 1 N–H and O–H groups in total. The Morgan fingerprint density at radius 2 is 1.71 bits per heavy atom. The minimum absolute atomic E-state index is 0.0286. The number of nitrogens with zero attached hydrogens (tertiary/aromatic N) is 3. The van der Waals surface area contributed by atoms with Crippen LogP contribution in [0.5, 0.6) is 23.0 Å². The molecule has 0 saturated carbocycles. The van der Waals surface area contributed by atoms with Crippen molar-refractivity contribution in [3.63, 3.8) is 0 Å². The fourth-order valence-electron chi connectivity index (χ4n) is 4.23. The number of hydrogen-bond donors (Lipinski definition) is 1. The molecule has 9 heteroatoms. The maximum absolute atomic E-state index is 13.2. The van der Waals surface area contributed by atoms with Gasteiger partial charge in [0.2, 0.25) is 0 Å². The van der Waals surface area contributed by atoms with Crippen molar-refractivity contribution < 1.29 is 20.4 Å². The first-order chi connectivity index (χ1) is 18.8. The van der Waals surface area contributed by atoms with Gasteiger partial charge >= 0.3 is 0 Å². The number of anilines is 1. The second-order valence-electron chi connectivity index (χ2n) is 8.47. The number of methoxy groups -OCH3 is 2. The Morgan fingerprint density at radius 1 is 0.974 bits per heavy atom. The van der Waals surface area contributed by atoms with Gasteiger partial charge < -0.3 is 19.5 Å². The Kier molecular flexibility index (Phi) is 6.23. The molecule has 2 aromatic heterocycles. The number of nitrogens with one attached hydrogen (secondary N) is 1. The second kappa shape index (κ2) is 10.1. The minimum atomic E-state index is -0.558. The Hall–Kier alpha value is -5.05. The molecule has 0 saturated heterocycles. The fourth-order valence-corrected chi connectivity index (χ4v) is 4.23. The van der Waals surface area contributed by atoms with Gasteiger partial charge in [-0.2, -0.15) is 0 Å². The highest BCUT2D eigenvalue weighted by Crippen LogP contribution is 2.37. The van der Waals surface area contributed by atoms with Crippen LogP contribution in [0.4, 0.5) is 5.69 Å². The van der Waals surface area contributed by atoms with Crippen molar-refractivity contribution in [3.05, 3.63) is 101 Å². The zero-order valence-corrected chi connectivity index (χ0v) is 21.3. The Bertz CT molecular complexity index is 1760. The van der Waals surface area contributed by atoms with Crippen LogP contribution in [0, 0.1) is 6.92 Å². The number of fused-ring (bicyclic) bond motifs is 1. The van der Waals surface area contributed by atoms with E-state index in [1.165, 1.54) is 10.7 Å². The molecular formula is C29H26N4O5. The van der Waals surface area contributed by atoms with E-state index in [2.05, 4.69) is 10.3 Å². The van der Waals surface area contributed by atoms with Crippen LogP contribution in [0.15, 0.2) is 83.8 Å². The van der Waals surface area contributed by atoms with Crippen LogP contribution in [0.2, 0.25) is 0 Å². The maximum Gasteiger partial charge on any atom is 0.284 e. The van der Waals surface area contributed by atoms with Gasteiger partial charge in [0, 0.05) is 30.4 Å². The first kappa shape index (κ1) is 23.4. The number of rotatable bonds is 7. The normalized spacial score (nSPS) is 11.2. The number of pyridine rings is 1. The van der Waals surface area contributed by atoms with Crippen LogP contribution in [-0.4, -0.2) is 34.5 Å². The van der Waals surface area contributed by atoms with Gasteiger partial charge in [-0.15, -0.1) is 0 Å². The molecule has 5 rings (SSSR count). The summed E-state index contributed by atoms with van der Waals surface area (Å²) < 4.78 is 28.4. The van der Waals surface area contributed by atoms with Crippen LogP contribution >= 0.6 is 0 Å². The SMILES string of the molecule is [2H]c1cc(NC(=O)c2c(C)n(C)n(-c3ccccc3)c2=O)ccc1Oc1ccnc2cc(OC)c(OC)cc12. The van der Waals surface area contributed by atoms with Gasteiger partial charge in [0.25, 0.3) is 11.5 Å². The van der Waals surface area contributed by atoms with E-state index in [4.69, 9.17) is 15.6 Å². The predicted octanol–water partition coefficient (Wildman–Crippen LogP) is 5.09. The van der Waals surface area contributed by atoms with Crippen LogP contribution in [0.25, 0.3) is 16.6 Å². The van der Waals surface area contributed by atoms with Gasteiger partial charge in [-0.05, 0) is 55.4 Å². The van der Waals surface area contributed by atoms with Gasteiger partial charge in [-0.3, -0.25) is 19.3 Å². The molecule has 0 bridgehead atoms. The standard InChI is InChI=1S/C29H26N4O5/c1-18-27(29(35)33(32(18)2)20-8-6-5-7-9-20)28(34)31-19-10-12-21(13-11-19)38-24-14-15-30-23-17-26(37-4)25(36-3)16-22(23)24/h5-17H,1-4H3,(H,31,34)/i12D. The highest BCUT2D eigenvalue weighted by Gasteiger charge is 2.22. The molecule has 5 aromatic rings. The molecule has 0 aliphatic carbocycles. The third kappa shape index (κ3) is 4.45. The summed E-state index contributed by atoms with van der Waals surface area (Å²) in [6.07, 6.45) is 1.60. The summed E-state index contributed by atoms with van der Waals surface area (Å²) in [5.41, 5.74) is 1.77. The number of carbonyl (C=O) groups is 1. The third-order valence-corrected chi connectivity index (χ3v) is 6.25. The molecule has 0 radical (unpaired) electrons. The first-order valence-electron chi connectivity index (χ1n) is 12.3. The summed E-state index contributed by atoms with van der Waals surface area (Å²) in [5, 5.41) is 3.42. The Labute approximate surface area is 220 Å². The van der Waals surface area contributed by atoms with Gasteiger partial charge in [-0.1, -0.05) is 18.2 Å². The van der Waals surface area contributed by atoms with Crippen LogP contribution in [0.3, 0.4) is 0 Å². The molecule has 38 heavy (non-hydrogen) atoms. The molecule has 0 aliphatic heterocycles. The van der Waals surface area contributed by atoms with Crippen LogP contribution in [0.1, 0.15) is 17.4 Å². The van der Waals surface area contributed by atoms with Gasteiger partial charge in [0.05, 0.1) is 32.5 Å². The van der Waals surface area contributed by atoms with Crippen molar-refractivity contribution in [2.75, 3.05) is 19.5 Å². The van der Waals surface area contributed by atoms with Crippen molar-refractivity contribution in [1.29, 1.82) is 0 Å². The zero-order valence-electron chi connectivity index (χ0n) is 22.3. The van der Waals surface area contributed by atoms with Crippen molar-refractivity contribution in [2.24, 2.45) is 7.05 Å².